The molecule has 3 aliphatic rings. The Kier molecular flexibility index (Phi) is 2.64. The minimum Gasteiger partial charge on any atom is -0.368 e. The van der Waals surface area contributed by atoms with Crippen LogP contribution >= 0.6 is 0 Å². The van der Waals surface area contributed by atoms with E-state index in [1.165, 1.54) is 6.42 Å². The Morgan fingerprint density at radius 1 is 1.25 bits per heavy atom. The highest BCUT2D eigenvalue weighted by atomic mass is 16.5. The summed E-state index contributed by atoms with van der Waals surface area (Å²) < 4.78 is 5.45. The highest BCUT2D eigenvalue weighted by molar-refractivity contribution is 5.81. The Morgan fingerprint density at radius 2 is 2.12 bits per heavy atom. The van der Waals surface area contributed by atoms with Crippen LogP contribution in [0.25, 0.3) is 0 Å². The van der Waals surface area contributed by atoms with Gasteiger partial charge in [0.1, 0.15) is 6.10 Å². The third kappa shape index (κ3) is 1.64. The van der Waals surface area contributed by atoms with Gasteiger partial charge in [-0.3, -0.25) is 4.79 Å². The van der Waals surface area contributed by atoms with Gasteiger partial charge < -0.3 is 15.4 Å². The highest BCUT2D eigenvalue weighted by Gasteiger charge is 2.44. The maximum atomic E-state index is 12.1. The van der Waals surface area contributed by atoms with Crippen LogP contribution in [0.4, 0.5) is 0 Å². The fraction of sp³-hybridized carbons (Fsp3) is 0.917. The van der Waals surface area contributed by atoms with Gasteiger partial charge in [0.05, 0.1) is 0 Å². The number of amides is 1. The number of ether oxygens (including phenoxy) is 1. The predicted octanol–water partition coefficient (Wildman–Crippen LogP) is 0.361. The molecule has 1 aliphatic carbocycles. The van der Waals surface area contributed by atoms with Crippen LogP contribution in [0, 0.1) is 11.8 Å². The number of rotatable bonds is 1. The van der Waals surface area contributed by atoms with Gasteiger partial charge in [0, 0.05) is 25.7 Å². The van der Waals surface area contributed by atoms with E-state index < -0.39 is 0 Å². The summed E-state index contributed by atoms with van der Waals surface area (Å²) in [5.41, 5.74) is 6.07. The first-order valence-corrected chi connectivity index (χ1v) is 6.41. The van der Waals surface area contributed by atoms with Crippen LogP contribution in [0.15, 0.2) is 0 Å². The van der Waals surface area contributed by atoms with E-state index in [-0.39, 0.29) is 12.0 Å². The van der Waals surface area contributed by atoms with Crippen molar-refractivity contribution in [3.05, 3.63) is 0 Å². The molecule has 1 saturated carbocycles. The van der Waals surface area contributed by atoms with E-state index in [4.69, 9.17) is 10.5 Å². The number of hydrogen-bond donors (Lipinski definition) is 1. The Labute approximate surface area is 96.1 Å². The van der Waals surface area contributed by atoms with Gasteiger partial charge in [-0.15, -0.1) is 0 Å². The lowest BCUT2D eigenvalue weighted by Gasteiger charge is -2.21. The van der Waals surface area contributed by atoms with Gasteiger partial charge in [0.2, 0.25) is 0 Å². The zero-order valence-corrected chi connectivity index (χ0v) is 9.60. The van der Waals surface area contributed by atoms with Gasteiger partial charge in [-0.05, 0) is 37.5 Å². The standard InChI is InChI=1S/C12H20N2O2/c13-10-4-3-8-6-14(7-9(8)10)12(15)11-2-1-5-16-11/h8-11H,1-7,13H2. The van der Waals surface area contributed by atoms with Gasteiger partial charge >= 0.3 is 0 Å². The molecule has 3 fully saturated rings. The first kappa shape index (κ1) is 10.5. The number of carbonyl (C=O) groups is 1. The maximum absolute atomic E-state index is 12.1. The third-order valence-corrected chi connectivity index (χ3v) is 4.43. The molecule has 0 bridgehead atoms. The molecule has 3 rings (SSSR count). The zero-order chi connectivity index (χ0) is 11.1. The van der Waals surface area contributed by atoms with Crippen molar-refractivity contribution >= 4 is 5.91 Å². The van der Waals surface area contributed by atoms with Crippen LogP contribution < -0.4 is 5.73 Å². The van der Waals surface area contributed by atoms with Gasteiger partial charge in [-0.2, -0.15) is 0 Å². The molecular formula is C12H20N2O2. The summed E-state index contributed by atoms with van der Waals surface area (Å²) in [5.74, 6) is 1.41. The number of hydrogen-bond acceptors (Lipinski definition) is 3. The van der Waals surface area contributed by atoms with Crippen molar-refractivity contribution in [1.82, 2.24) is 4.90 Å². The predicted molar refractivity (Wildman–Crippen MR) is 59.7 cm³/mol. The van der Waals surface area contributed by atoms with E-state index in [0.29, 0.717) is 17.9 Å². The van der Waals surface area contributed by atoms with E-state index in [1.54, 1.807) is 0 Å². The van der Waals surface area contributed by atoms with Gasteiger partial charge in [0.25, 0.3) is 5.91 Å². The highest BCUT2D eigenvalue weighted by Crippen LogP contribution is 2.37. The Bertz CT molecular complexity index is 289. The summed E-state index contributed by atoms with van der Waals surface area (Å²) in [5, 5.41) is 0. The van der Waals surface area contributed by atoms with Crippen molar-refractivity contribution in [2.75, 3.05) is 19.7 Å². The Morgan fingerprint density at radius 3 is 2.81 bits per heavy atom. The minimum absolute atomic E-state index is 0.157. The molecule has 0 radical (unpaired) electrons. The molecule has 16 heavy (non-hydrogen) atoms. The van der Waals surface area contributed by atoms with Crippen molar-refractivity contribution in [2.45, 2.75) is 37.8 Å². The van der Waals surface area contributed by atoms with Crippen molar-refractivity contribution in [3.8, 4) is 0 Å². The summed E-state index contributed by atoms with van der Waals surface area (Å²) in [6.07, 6.45) is 4.10. The molecule has 1 amide bonds. The molecule has 2 aliphatic heterocycles. The van der Waals surface area contributed by atoms with E-state index in [9.17, 15) is 4.79 Å². The lowest BCUT2D eigenvalue weighted by molar-refractivity contribution is -0.140. The van der Waals surface area contributed by atoms with Crippen LogP contribution in [0.2, 0.25) is 0 Å². The second-order valence-corrected chi connectivity index (χ2v) is 5.41. The fourth-order valence-electron chi connectivity index (χ4n) is 3.46. The second-order valence-electron chi connectivity index (χ2n) is 5.41. The van der Waals surface area contributed by atoms with E-state index in [2.05, 4.69) is 0 Å². The van der Waals surface area contributed by atoms with Crippen LogP contribution in [0.5, 0.6) is 0 Å². The van der Waals surface area contributed by atoms with Gasteiger partial charge in [0.15, 0.2) is 0 Å². The molecule has 4 nitrogen and oxygen atoms in total. The molecule has 90 valence electrons. The van der Waals surface area contributed by atoms with Crippen LogP contribution in [0.1, 0.15) is 25.7 Å². The normalized spacial score (nSPS) is 42.7. The average molecular weight is 224 g/mol. The first-order valence-electron chi connectivity index (χ1n) is 6.41. The number of nitrogens with two attached hydrogens (primary N) is 1. The summed E-state index contributed by atoms with van der Waals surface area (Å²) in [7, 11) is 0. The van der Waals surface area contributed by atoms with E-state index in [1.807, 2.05) is 4.90 Å². The number of carbonyl (C=O) groups excluding carboxylic acids is 1. The minimum atomic E-state index is -0.157. The summed E-state index contributed by atoms with van der Waals surface area (Å²) in [6, 6.07) is 0.312. The third-order valence-electron chi connectivity index (χ3n) is 4.43. The molecular weight excluding hydrogens is 204 g/mol. The van der Waals surface area contributed by atoms with Crippen molar-refractivity contribution in [2.24, 2.45) is 17.6 Å². The Balaban J connectivity index is 1.63. The molecule has 4 unspecified atom stereocenters. The Hall–Kier alpha value is -0.610. The van der Waals surface area contributed by atoms with E-state index >= 15 is 0 Å². The number of fused-ring (bicyclic) bond motifs is 1. The number of likely N-dealkylation sites (tertiary alicyclic amines) is 1. The zero-order valence-electron chi connectivity index (χ0n) is 9.60. The topological polar surface area (TPSA) is 55.6 Å². The maximum Gasteiger partial charge on any atom is 0.251 e. The molecule has 2 heterocycles. The summed E-state index contributed by atoms with van der Waals surface area (Å²) in [6.45, 7) is 2.53. The van der Waals surface area contributed by atoms with Gasteiger partial charge in [-0.25, -0.2) is 0 Å². The fourth-order valence-corrected chi connectivity index (χ4v) is 3.46. The summed E-state index contributed by atoms with van der Waals surface area (Å²) in [4.78, 5) is 14.1. The smallest absolute Gasteiger partial charge is 0.251 e. The monoisotopic (exact) mass is 224 g/mol. The molecule has 4 heteroatoms. The second kappa shape index (κ2) is 4.00. The SMILES string of the molecule is NC1CCC2CN(C(=O)C3CCCO3)CC12. The van der Waals surface area contributed by atoms with Crippen molar-refractivity contribution in [1.29, 1.82) is 0 Å². The largest absolute Gasteiger partial charge is 0.368 e. The molecule has 2 N–H and O–H groups in total. The van der Waals surface area contributed by atoms with Gasteiger partial charge in [-0.1, -0.05) is 0 Å². The number of nitrogens with zero attached hydrogens (tertiary/aromatic N) is 1. The average Bonchev–Trinajstić information content (AvgIpc) is 2.96. The molecule has 2 saturated heterocycles. The van der Waals surface area contributed by atoms with Crippen molar-refractivity contribution < 1.29 is 9.53 Å². The quantitative estimate of drug-likeness (QED) is 0.699. The summed E-state index contributed by atoms with van der Waals surface area (Å²) >= 11 is 0. The molecule has 4 atom stereocenters. The van der Waals surface area contributed by atoms with Crippen LogP contribution in [0.3, 0.4) is 0 Å². The van der Waals surface area contributed by atoms with Crippen LogP contribution in [-0.4, -0.2) is 42.6 Å². The van der Waals surface area contributed by atoms with E-state index in [0.717, 1.165) is 39.0 Å². The molecule has 0 aromatic heterocycles. The van der Waals surface area contributed by atoms with Crippen molar-refractivity contribution in [3.63, 3.8) is 0 Å². The van der Waals surface area contributed by atoms with Crippen LogP contribution in [-0.2, 0) is 9.53 Å². The molecule has 0 spiro atoms. The molecule has 0 aromatic carbocycles. The first-order chi connectivity index (χ1) is 7.75. The lowest BCUT2D eigenvalue weighted by atomic mass is 9.98. The lowest BCUT2D eigenvalue weighted by Crippen LogP contribution is -2.39. The molecule has 0 aromatic rings.